The van der Waals surface area contributed by atoms with E-state index < -0.39 is 5.97 Å². The first-order chi connectivity index (χ1) is 14.7. The van der Waals surface area contributed by atoms with Gasteiger partial charge in [-0.05, 0) is 54.0 Å². The second-order valence-corrected chi connectivity index (χ2v) is 7.75. The van der Waals surface area contributed by atoms with Gasteiger partial charge in [-0.2, -0.15) is 0 Å². The van der Waals surface area contributed by atoms with Crippen LogP contribution in [-0.4, -0.2) is 30.0 Å². The third kappa shape index (κ3) is 6.61. The second kappa shape index (κ2) is 11.4. The number of carbonyl (C=O) groups is 1. The zero-order chi connectivity index (χ0) is 21.2. The fourth-order valence-corrected chi connectivity index (χ4v) is 3.95. The lowest BCUT2D eigenvalue weighted by Crippen LogP contribution is -2.08. The highest BCUT2D eigenvalue weighted by Crippen LogP contribution is 2.32. The third-order valence-electron chi connectivity index (χ3n) is 5.53. The van der Waals surface area contributed by atoms with Crippen LogP contribution in [0.5, 0.6) is 5.75 Å². The van der Waals surface area contributed by atoms with Crippen molar-refractivity contribution in [2.75, 3.05) is 13.2 Å². The van der Waals surface area contributed by atoms with Crippen molar-refractivity contribution in [1.82, 2.24) is 0 Å². The van der Waals surface area contributed by atoms with Crippen molar-refractivity contribution in [3.8, 4) is 5.75 Å². The molecule has 160 valence electrons. The van der Waals surface area contributed by atoms with E-state index in [1.807, 2.05) is 0 Å². The van der Waals surface area contributed by atoms with E-state index in [0.717, 1.165) is 17.7 Å². The Balaban J connectivity index is 1.48. The molecule has 5 heteroatoms. The van der Waals surface area contributed by atoms with Gasteiger partial charge in [-0.1, -0.05) is 67.7 Å². The van der Waals surface area contributed by atoms with Crippen molar-refractivity contribution < 1.29 is 19.5 Å². The van der Waals surface area contributed by atoms with Crippen LogP contribution < -0.4 is 4.74 Å². The van der Waals surface area contributed by atoms with Gasteiger partial charge in [0.15, 0.2) is 6.61 Å². The summed E-state index contributed by atoms with van der Waals surface area (Å²) in [5, 5.41) is 13.2. The monoisotopic (exact) mass is 409 g/mol. The number of oxime groups is 1. The molecular formula is C25H31NO4. The fraction of sp³-hybridized carbons (Fsp3) is 0.440. The minimum absolute atomic E-state index is 0.0165. The Morgan fingerprint density at radius 2 is 1.83 bits per heavy atom. The maximum Gasteiger partial charge on any atom is 0.307 e. The predicted molar refractivity (Wildman–Crippen MR) is 118 cm³/mol. The zero-order valence-electron chi connectivity index (χ0n) is 17.7. The van der Waals surface area contributed by atoms with Crippen molar-refractivity contribution in [3.63, 3.8) is 0 Å². The average Bonchev–Trinajstić information content (AvgIpc) is 2.77. The third-order valence-corrected chi connectivity index (χ3v) is 5.53. The van der Waals surface area contributed by atoms with E-state index in [0.29, 0.717) is 30.4 Å². The Hall–Kier alpha value is -2.82. The van der Waals surface area contributed by atoms with Crippen molar-refractivity contribution in [2.24, 2.45) is 5.16 Å². The molecule has 5 nitrogen and oxygen atoms in total. The lowest BCUT2D eigenvalue weighted by molar-refractivity contribution is -0.136. The number of rotatable bonds is 10. The number of carboxylic acid groups (broad SMARTS) is 1. The number of ether oxygens (including phenoxy) is 1. The summed E-state index contributed by atoms with van der Waals surface area (Å²) in [6.45, 7) is 2.74. The first-order valence-corrected chi connectivity index (χ1v) is 10.9. The van der Waals surface area contributed by atoms with Gasteiger partial charge in [0.05, 0.1) is 12.1 Å². The SMILES string of the molecule is CC/C(=N\OCCOc1cccc(CC(=O)O)c1)c1ccc(C2CCCCC2)cc1. The summed E-state index contributed by atoms with van der Waals surface area (Å²) in [5.41, 5.74) is 4.17. The summed E-state index contributed by atoms with van der Waals surface area (Å²) >= 11 is 0. The maximum absolute atomic E-state index is 10.8. The summed E-state index contributed by atoms with van der Waals surface area (Å²) in [4.78, 5) is 16.3. The first kappa shape index (κ1) is 21.9. The molecule has 0 spiro atoms. The molecule has 3 rings (SSSR count). The number of hydrogen-bond donors (Lipinski definition) is 1. The smallest absolute Gasteiger partial charge is 0.307 e. The van der Waals surface area contributed by atoms with Gasteiger partial charge in [-0.15, -0.1) is 0 Å². The Labute approximate surface area is 178 Å². The highest BCUT2D eigenvalue weighted by atomic mass is 16.6. The van der Waals surface area contributed by atoms with Gasteiger partial charge in [-0.25, -0.2) is 0 Å². The van der Waals surface area contributed by atoms with Crippen LogP contribution in [0.15, 0.2) is 53.7 Å². The molecule has 0 amide bonds. The number of aliphatic carboxylic acids is 1. The van der Waals surface area contributed by atoms with E-state index >= 15 is 0 Å². The number of carboxylic acids is 1. The molecule has 0 radical (unpaired) electrons. The Morgan fingerprint density at radius 3 is 2.53 bits per heavy atom. The molecule has 0 atom stereocenters. The van der Waals surface area contributed by atoms with Crippen LogP contribution in [0.1, 0.15) is 68.1 Å². The topological polar surface area (TPSA) is 68.1 Å². The van der Waals surface area contributed by atoms with E-state index in [1.165, 1.54) is 37.7 Å². The normalized spacial score (nSPS) is 15.0. The van der Waals surface area contributed by atoms with Crippen LogP contribution in [0.25, 0.3) is 0 Å². The quantitative estimate of drug-likeness (QED) is 0.316. The van der Waals surface area contributed by atoms with Crippen molar-refractivity contribution >= 4 is 11.7 Å². The molecule has 1 aliphatic carbocycles. The van der Waals surface area contributed by atoms with Crippen molar-refractivity contribution in [1.29, 1.82) is 0 Å². The molecule has 0 unspecified atom stereocenters. The van der Waals surface area contributed by atoms with Gasteiger partial charge >= 0.3 is 5.97 Å². The molecule has 0 aromatic heterocycles. The Bertz CT molecular complexity index is 838. The molecule has 2 aromatic carbocycles. The Morgan fingerprint density at radius 1 is 1.07 bits per heavy atom. The van der Waals surface area contributed by atoms with E-state index in [9.17, 15) is 4.79 Å². The lowest BCUT2D eigenvalue weighted by atomic mass is 9.84. The van der Waals surface area contributed by atoms with Crippen molar-refractivity contribution in [3.05, 3.63) is 65.2 Å². The molecule has 30 heavy (non-hydrogen) atoms. The second-order valence-electron chi connectivity index (χ2n) is 7.75. The zero-order valence-corrected chi connectivity index (χ0v) is 17.7. The van der Waals surface area contributed by atoms with Gasteiger partial charge in [0.2, 0.25) is 0 Å². The maximum atomic E-state index is 10.8. The van der Waals surface area contributed by atoms with Crippen LogP contribution >= 0.6 is 0 Å². The van der Waals surface area contributed by atoms with Crippen LogP contribution in [0.4, 0.5) is 0 Å². The highest BCUT2D eigenvalue weighted by molar-refractivity contribution is 6.00. The van der Waals surface area contributed by atoms with Crippen LogP contribution in [0.3, 0.4) is 0 Å². The fourth-order valence-electron chi connectivity index (χ4n) is 3.95. The molecule has 2 aromatic rings. The van der Waals surface area contributed by atoms with E-state index in [2.05, 4.69) is 36.3 Å². The standard InChI is InChI=1S/C25H31NO4/c1-2-24(22-13-11-21(12-14-22)20-8-4-3-5-9-20)26-30-16-15-29-23-10-6-7-19(17-23)18-25(27)28/h6-7,10-14,17,20H,2-5,8-9,15-16,18H2,1H3,(H,27,28)/b26-24+. The summed E-state index contributed by atoms with van der Waals surface area (Å²) < 4.78 is 5.65. The van der Waals surface area contributed by atoms with E-state index in [-0.39, 0.29) is 6.42 Å². The summed E-state index contributed by atoms with van der Waals surface area (Å²) in [6, 6.07) is 15.9. The van der Waals surface area contributed by atoms with Crippen molar-refractivity contribution in [2.45, 2.75) is 57.8 Å². The van der Waals surface area contributed by atoms with Crippen LogP contribution in [0, 0.1) is 0 Å². The van der Waals surface area contributed by atoms with Gasteiger partial charge in [0.1, 0.15) is 12.4 Å². The van der Waals surface area contributed by atoms with Gasteiger partial charge in [0, 0.05) is 0 Å². The minimum atomic E-state index is -0.858. The Kier molecular flexibility index (Phi) is 8.30. The predicted octanol–water partition coefficient (Wildman–Crippen LogP) is 5.57. The summed E-state index contributed by atoms with van der Waals surface area (Å²) in [7, 11) is 0. The molecule has 1 saturated carbocycles. The molecular weight excluding hydrogens is 378 g/mol. The number of benzene rings is 2. The number of hydrogen-bond acceptors (Lipinski definition) is 4. The largest absolute Gasteiger partial charge is 0.490 e. The first-order valence-electron chi connectivity index (χ1n) is 10.9. The average molecular weight is 410 g/mol. The van der Waals surface area contributed by atoms with Gasteiger partial charge < -0.3 is 14.7 Å². The molecule has 0 heterocycles. The van der Waals surface area contributed by atoms with Crippen LogP contribution in [-0.2, 0) is 16.1 Å². The van der Waals surface area contributed by atoms with Gasteiger partial charge in [-0.3, -0.25) is 4.79 Å². The minimum Gasteiger partial charge on any atom is -0.490 e. The lowest BCUT2D eigenvalue weighted by Gasteiger charge is -2.22. The molecule has 0 saturated heterocycles. The number of nitrogens with zero attached hydrogens (tertiary/aromatic N) is 1. The molecule has 0 bridgehead atoms. The van der Waals surface area contributed by atoms with Crippen LogP contribution in [0.2, 0.25) is 0 Å². The van der Waals surface area contributed by atoms with E-state index in [4.69, 9.17) is 14.7 Å². The van der Waals surface area contributed by atoms with Gasteiger partial charge in [0.25, 0.3) is 0 Å². The molecule has 1 aliphatic rings. The highest BCUT2D eigenvalue weighted by Gasteiger charge is 2.15. The summed E-state index contributed by atoms with van der Waals surface area (Å²) in [6.07, 6.45) is 7.43. The molecule has 0 aliphatic heterocycles. The molecule has 1 N–H and O–H groups in total. The van der Waals surface area contributed by atoms with E-state index in [1.54, 1.807) is 24.3 Å². The molecule has 1 fully saturated rings. The summed E-state index contributed by atoms with van der Waals surface area (Å²) in [5.74, 6) is 0.483.